The molecular formula is C16H19F4NO5. The van der Waals surface area contributed by atoms with Crippen LogP contribution in [0.4, 0.5) is 22.4 Å². The van der Waals surface area contributed by atoms with Gasteiger partial charge in [-0.05, 0) is 38.5 Å². The average Bonchev–Trinajstić information content (AvgIpc) is 2.46. The minimum absolute atomic E-state index is 0.180. The highest BCUT2D eigenvalue weighted by Gasteiger charge is 2.43. The van der Waals surface area contributed by atoms with Crippen molar-refractivity contribution in [2.24, 2.45) is 0 Å². The van der Waals surface area contributed by atoms with E-state index in [2.05, 4.69) is 10.1 Å². The fourth-order valence-corrected chi connectivity index (χ4v) is 1.78. The summed E-state index contributed by atoms with van der Waals surface area (Å²) in [6, 6.07) is 3.11. The third-order valence-electron chi connectivity index (χ3n) is 2.86. The van der Waals surface area contributed by atoms with Crippen molar-refractivity contribution in [3.8, 4) is 5.75 Å². The van der Waals surface area contributed by atoms with Crippen molar-refractivity contribution in [2.75, 3.05) is 0 Å². The number of benzene rings is 1. The summed E-state index contributed by atoms with van der Waals surface area (Å²) in [5.41, 5.74) is -0.469. The summed E-state index contributed by atoms with van der Waals surface area (Å²) in [5, 5.41) is 11.4. The molecule has 0 saturated heterocycles. The second-order valence-electron chi connectivity index (χ2n) is 6.35. The van der Waals surface area contributed by atoms with Crippen molar-refractivity contribution in [1.82, 2.24) is 5.32 Å². The van der Waals surface area contributed by atoms with Crippen LogP contribution in [0.3, 0.4) is 0 Å². The lowest BCUT2D eigenvalue weighted by Crippen LogP contribution is -2.44. The SMILES string of the molecule is CC(C)(C)OC(=O)NC(Cc1ccc(OC(F)(F)C(F)F)cc1)C(=O)O. The molecule has 26 heavy (non-hydrogen) atoms. The summed E-state index contributed by atoms with van der Waals surface area (Å²) < 4.78 is 58.7. The van der Waals surface area contributed by atoms with Gasteiger partial charge in [-0.15, -0.1) is 0 Å². The van der Waals surface area contributed by atoms with Crippen molar-refractivity contribution < 1.29 is 41.7 Å². The van der Waals surface area contributed by atoms with Gasteiger partial charge in [0, 0.05) is 6.42 Å². The number of halogens is 4. The van der Waals surface area contributed by atoms with E-state index in [4.69, 9.17) is 4.74 Å². The van der Waals surface area contributed by atoms with E-state index in [9.17, 15) is 32.3 Å². The first-order valence-corrected chi connectivity index (χ1v) is 7.46. The van der Waals surface area contributed by atoms with Crippen LogP contribution in [0.2, 0.25) is 0 Å². The predicted molar refractivity (Wildman–Crippen MR) is 82.5 cm³/mol. The zero-order chi connectivity index (χ0) is 20.1. The first kappa shape index (κ1) is 21.5. The molecule has 1 atom stereocenters. The monoisotopic (exact) mass is 381 g/mol. The fraction of sp³-hybridized carbons (Fsp3) is 0.500. The number of rotatable bonds is 7. The van der Waals surface area contributed by atoms with Gasteiger partial charge >= 0.3 is 24.6 Å². The molecule has 0 radical (unpaired) electrons. The number of carboxylic acid groups (broad SMARTS) is 1. The molecule has 0 fully saturated rings. The normalized spacial score (nSPS) is 13.2. The van der Waals surface area contributed by atoms with Crippen LogP contribution in [0.25, 0.3) is 0 Å². The molecule has 2 N–H and O–H groups in total. The molecule has 146 valence electrons. The second kappa shape index (κ2) is 8.24. The van der Waals surface area contributed by atoms with E-state index in [0.29, 0.717) is 5.56 Å². The first-order chi connectivity index (χ1) is 11.8. The number of aliphatic carboxylic acids is 1. The van der Waals surface area contributed by atoms with Crippen LogP contribution < -0.4 is 10.1 Å². The number of ether oxygens (including phenoxy) is 2. The standard InChI is InChI=1S/C16H19F4NO5/c1-15(2,3)26-14(24)21-11(12(22)23)8-9-4-6-10(7-5-9)25-16(19,20)13(17)18/h4-7,11,13H,8H2,1-3H3,(H,21,24)(H,22,23). The Kier molecular flexibility index (Phi) is 6.82. The fourth-order valence-electron chi connectivity index (χ4n) is 1.78. The lowest BCUT2D eigenvalue weighted by molar-refractivity contribution is -0.253. The second-order valence-corrected chi connectivity index (χ2v) is 6.35. The Labute approximate surface area is 147 Å². The largest absolute Gasteiger partial charge is 0.480 e. The van der Waals surface area contributed by atoms with Crippen molar-refractivity contribution in [2.45, 2.75) is 51.4 Å². The number of carbonyl (C=O) groups excluding carboxylic acids is 1. The van der Waals surface area contributed by atoms with E-state index in [1.165, 1.54) is 12.1 Å². The van der Waals surface area contributed by atoms with Gasteiger partial charge < -0.3 is 19.9 Å². The number of nitrogens with one attached hydrogen (secondary N) is 1. The van der Waals surface area contributed by atoms with Gasteiger partial charge in [-0.3, -0.25) is 0 Å². The Morgan fingerprint density at radius 1 is 1.15 bits per heavy atom. The highest BCUT2D eigenvalue weighted by atomic mass is 19.3. The molecule has 0 aliphatic rings. The molecule has 1 aromatic rings. The maximum atomic E-state index is 12.8. The molecule has 1 amide bonds. The van der Waals surface area contributed by atoms with Crippen molar-refractivity contribution in [3.05, 3.63) is 29.8 Å². The molecule has 1 unspecified atom stereocenters. The maximum Gasteiger partial charge on any atom is 0.461 e. The van der Waals surface area contributed by atoms with Gasteiger partial charge in [0.1, 0.15) is 17.4 Å². The van der Waals surface area contributed by atoms with Gasteiger partial charge in [0.2, 0.25) is 0 Å². The third kappa shape index (κ3) is 7.16. The smallest absolute Gasteiger partial charge is 0.461 e. The molecule has 0 spiro atoms. The summed E-state index contributed by atoms with van der Waals surface area (Å²) in [7, 11) is 0. The Morgan fingerprint density at radius 2 is 1.69 bits per heavy atom. The molecule has 10 heteroatoms. The lowest BCUT2D eigenvalue weighted by atomic mass is 10.1. The molecular weight excluding hydrogens is 362 g/mol. The Balaban J connectivity index is 2.75. The van der Waals surface area contributed by atoms with Gasteiger partial charge in [0.25, 0.3) is 0 Å². The molecule has 6 nitrogen and oxygen atoms in total. The van der Waals surface area contributed by atoms with Gasteiger partial charge in [-0.1, -0.05) is 12.1 Å². The van der Waals surface area contributed by atoms with Gasteiger partial charge in [0.15, 0.2) is 0 Å². The summed E-state index contributed by atoms with van der Waals surface area (Å²) in [6.45, 7) is 4.82. The number of alkyl carbamates (subject to hydrolysis) is 1. The lowest BCUT2D eigenvalue weighted by Gasteiger charge is -2.22. The number of hydrogen-bond acceptors (Lipinski definition) is 4. The third-order valence-corrected chi connectivity index (χ3v) is 2.86. The molecule has 1 aromatic carbocycles. The minimum atomic E-state index is -4.64. The Hall–Kier alpha value is -2.52. The quantitative estimate of drug-likeness (QED) is 0.707. The van der Waals surface area contributed by atoms with E-state index < -0.39 is 42.0 Å². The van der Waals surface area contributed by atoms with E-state index in [1.807, 2.05) is 0 Å². The van der Waals surface area contributed by atoms with Crippen LogP contribution in [0.1, 0.15) is 26.3 Å². The van der Waals surface area contributed by atoms with Crippen LogP contribution in [0, 0.1) is 0 Å². The van der Waals surface area contributed by atoms with Crippen molar-refractivity contribution in [3.63, 3.8) is 0 Å². The highest BCUT2D eigenvalue weighted by molar-refractivity contribution is 5.80. The minimum Gasteiger partial charge on any atom is -0.480 e. The molecule has 0 bridgehead atoms. The van der Waals surface area contributed by atoms with Gasteiger partial charge in [-0.25, -0.2) is 9.59 Å². The number of amides is 1. The number of hydrogen-bond donors (Lipinski definition) is 2. The van der Waals surface area contributed by atoms with Crippen molar-refractivity contribution >= 4 is 12.1 Å². The zero-order valence-corrected chi connectivity index (χ0v) is 14.3. The van der Waals surface area contributed by atoms with Crippen LogP contribution in [-0.2, 0) is 16.0 Å². The summed E-state index contributed by atoms with van der Waals surface area (Å²) in [6.07, 6.45) is -9.73. The van der Waals surface area contributed by atoms with E-state index >= 15 is 0 Å². The number of carboxylic acids is 1. The zero-order valence-electron chi connectivity index (χ0n) is 14.3. The highest BCUT2D eigenvalue weighted by Crippen LogP contribution is 2.27. The Bertz CT molecular complexity index is 629. The summed E-state index contributed by atoms with van der Waals surface area (Å²) in [5.74, 6) is -1.84. The Morgan fingerprint density at radius 3 is 2.12 bits per heavy atom. The molecule has 0 aromatic heterocycles. The van der Waals surface area contributed by atoms with Crippen LogP contribution in [0.15, 0.2) is 24.3 Å². The van der Waals surface area contributed by atoms with E-state index in [-0.39, 0.29) is 6.42 Å². The van der Waals surface area contributed by atoms with E-state index in [1.54, 1.807) is 20.8 Å². The summed E-state index contributed by atoms with van der Waals surface area (Å²) >= 11 is 0. The van der Waals surface area contributed by atoms with Crippen LogP contribution in [0.5, 0.6) is 5.75 Å². The maximum absolute atomic E-state index is 12.8. The summed E-state index contributed by atoms with van der Waals surface area (Å²) in [4.78, 5) is 22.9. The molecule has 0 aliphatic heterocycles. The predicted octanol–water partition coefficient (Wildman–Crippen LogP) is 3.44. The van der Waals surface area contributed by atoms with Gasteiger partial charge in [0.05, 0.1) is 0 Å². The molecule has 1 rings (SSSR count). The van der Waals surface area contributed by atoms with Gasteiger partial charge in [-0.2, -0.15) is 17.6 Å². The molecule has 0 saturated carbocycles. The van der Waals surface area contributed by atoms with Crippen molar-refractivity contribution in [1.29, 1.82) is 0 Å². The number of carbonyl (C=O) groups is 2. The van der Waals surface area contributed by atoms with Crippen LogP contribution >= 0.6 is 0 Å². The van der Waals surface area contributed by atoms with Crippen LogP contribution in [-0.4, -0.2) is 41.3 Å². The topological polar surface area (TPSA) is 84.9 Å². The van der Waals surface area contributed by atoms with E-state index in [0.717, 1.165) is 12.1 Å². The first-order valence-electron chi connectivity index (χ1n) is 7.46. The average molecular weight is 381 g/mol. The molecule has 0 heterocycles. The molecule has 0 aliphatic carbocycles. The number of alkyl halides is 4.